The van der Waals surface area contributed by atoms with E-state index in [0.29, 0.717) is 35.2 Å². The van der Waals surface area contributed by atoms with Crippen molar-refractivity contribution in [2.75, 3.05) is 25.0 Å². The smallest absolute Gasteiger partial charge is 0.356 e. The highest BCUT2D eigenvalue weighted by Gasteiger charge is 2.19. The monoisotopic (exact) mass is 427 g/mol. The predicted molar refractivity (Wildman–Crippen MR) is 116 cm³/mol. The highest BCUT2D eigenvalue weighted by atomic mass is 35.5. The quantitative estimate of drug-likeness (QED) is 0.555. The molecule has 7 nitrogen and oxygen atoms in total. The van der Waals surface area contributed by atoms with Gasteiger partial charge in [-0.15, -0.1) is 0 Å². The lowest BCUT2D eigenvalue weighted by molar-refractivity contribution is -0.119. The summed E-state index contributed by atoms with van der Waals surface area (Å²) in [5, 5.41) is 3.59. The summed E-state index contributed by atoms with van der Waals surface area (Å²) in [6, 6.07) is 13.8. The Morgan fingerprint density at radius 3 is 2.33 bits per heavy atom. The van der Waals surface area contributed by atoms with Gasteiger partial charge in [-0.25, -0.2) is 4.79 Å². The summed E-state index contributed by atoms with van der Waals surface area (Å²) in [6.07, 6.45) is 0. The molecule has 0 radical (unpaired) electrons. The van der Waals surface area contributed by atoms with Crippen LogP contribution in [0.15, 0.2) is 48.5 Å². The Bertz CT molecular complexity index is 1070. The molecule has 0 saturated carbocycles. The summed E-state index contributed by atoms with van der Waals surface area (Å²) >= 11 is 6.22. The van der Waals surface area contributed by atoms with Gasteiger partial charge in [0, 0.05) is 35.2 Å². The molecule has 0 unspecified atom stereocenters. The van der Waals surface area contributed by atoms with Gasteiger partial charge in [0.2, 0.25) is 0 Å². The molecule has 2 aromatic carbocycles. The van der Waals surface area contributed by atoms with Crippen molar-refractivity contribution in [3.8, 4) is 0 Å². The fraction of sp³-hybridized carbons (Fsp3) is 0.227. The molecule has 1 heterocycles. The van der Waals surface area contributed by atoms with Gasteiger partial charge in [-0.1, -0.05) is 29.8 Å². The van der Waals surface area contributed by atoms with Crippen molar-refractivity contribution in [1.82, 2.24) is 9.88 Å². The van der Waals surface area contributed by atoms with Crippen LogP contribution < -0.4 is 5.32 Å². The van der Waals surface area contributed by atoms with Gasteiger partial charge in [-0.3, -0.25) is 9.59 Å². The summed E-state index contributed by atoms with van der Waals surface area (Å²) in [5.74, 6) is -1.29. The fourth-order valence-electron chi connectivity index (χ4n) is 3.04. The van der Waals surface area contributed by atoms with Gasteiger partial charge in [-0.05, 0) is 44.2 Å². The third-order valence-electron chi connectivity index (χ3n) is 4.65. The molecule has 0 aliphatic carbocycles. The molecule has 2 amide bonds. The lowest BCUT2D eigenvalue weighted by Gasteiger charge is -2.18. The number of ether oxygens (including phenoxy) is 1. The van der Waals surface area contributed by atoms with Gasteiger partial charge in [0.1, 0.15) is 5.69 Å². The standard InChI is InChI=1S/C22H22ClN3O4/c1-3-26(4-2)21(28)14-9-11-15(12-10-14)24-18(27)13-30-22(29)20-19(23)16-7-5-6-8-17(16)25-20/h5-12,25H,3-4,13H2,1-2H3,(H,24,27). The Labute approximate surface area is 179 Å². The Balaban J connectivity index is 1.57. The SMILES string of the molecule is CCN(CC)C(=O)c1ccc(NC(=O)COC(=O)c2[nH]c3ccccc3c2Cl)cc1. The van der Waals surface area contributed by atoms with Crippen molar-refractivity contribution in [2.24, 2.45) is 0 Å². The molecule has 0 aliphatic rings. The number of carbonyl (C=O) groups excluding carboxylic acids is 3. The number of nitrogens with one attached hydrogen (secondary N) is 2. The molecule has 0 saturated heterocycles. The number of anilines is 1. The number of carbonyl (C=O) groups is 3. The third-order valence-corrected chi connectivity index (χ3v) is 5.04. The maximum Gasteiger partial charge on any atom is 0.356 e. The Hall–Kier alpha value is -3.32. The van der Waals surface area contributed by atoms with Gasteiger partial charge in [-0.2, -0.15) is 0 Å². The van der Waals surface area contributed by atoms with Crippen LogP contribution in [0.25, 0.3) is 10.9 Å². The van der Waals surface area contributed by atoms with Crippen LogP contribution in [0.3, 0.4) is 0 Å². The predicted octanol–water partition coefficient (Wildman–Crippen LogP) is 4.10. The first-order valence-electron chi connectivity index (χ1n) is 9.57. The van der Waals surface area contributed by atoms with Crippen molar-refractivity contribution < 1.29 is 19.1 Å². The second-order valence-corrected chi connectivity index (χ2v) is 6.92. The topological polar surface area (TPSA) is 91.5 Å². The summed E-state index contributed by atoms with van der Waals surface area (Å²) in [4.78, 5) is 41.3. The molecular weight excluding hydrogens is 406 g/mol. The van der Waals surface area contributed by atoms with E-state index in [0.717, 1.165) is 0 Å². The molecule has 0 spiro atoms. The average Bonchev–Trinajstić information content (AvgIpc) is 3.10. The summed E-state index contributed by atoms with van der Waals surface area (Å²) < 4.78 is 5.07. The summed E-state index contributed by atoms with van der Waals surface area (Å²) in [5.41, 5.74) is 1.84. The van der Waals surface area contributed by atoms with Gasteiger partial charge < -0.3 is 19.9 Å². The molecule has 3 aromatic rings. The minimum absolute atomic E-state index is 0.0676. The van der Waals surface area contributed by atoms with E-state index in [1.165, 1.54) is 0 Å². The minimum Gasteiger partial charge on any atom is -0.451 e. The van der Waals surface area contributed by atoms with E-state index in [2.05, 4.69) is 10.3 Å². The van der Waals surface area contributed by atoms with Crippen LogP contribution in [0.2, 0.25) is 5.02 Å². The lowest BCUT2D eigenvalue weighted by Crippen LogP contribution is -2.30. The number of nitrogens with zero attached hydrogens (tertiary/aromatic N) is 1. The molecule has 1 aromatic heterocycles. The van der Waals surface area contributed by atoms with E-state index in [1.807, 2.05) is 26.0 Å². The van der Waals surface area contributed by atoms with Crippen LogP contribution >= 0.6 is 11.6 Å². The zero-order valence-electron chi connectivity index (χ0n) is 16.7. The number of aromatic nitrogens is 1. The van der Waals surface area contributed by atoms with Crippen LogP contribution in [-0.4, -0.2) is 47.4 Å². The Morgan fingerprint density at radius 1 is 1.03 bits per heavy atom. The number of hydrogen-bond donors (Lipinski definition) is 2. The fourth-order valence-corrected chi connectivity index (χ4v) is 3.33. The molecule has 0 aliphatic heterocycles. The van der Waals surface area contributed by atoms with Gasteiger partial charge in [0.15, 0.2) is 6.61 Å². The average molecular weight is 428 g/mol. The summed E-state index contributed by atoms with van der Waals surface area (Å²) in [6.45, 7) is 4.62. The number of fused-ring (bicyclic) bond motifs is 1. The number of esters is 1. The van der Waals surface area contributed by atoms with Crippen LogP contribution in [-0.2, 0) is 9.53 Å². The van der Waals surface area contributed by atoms with Crippen molar-refractivity contribution in [2.45, 2.75) is 13.8 Å². The lowest BCUT2D eigenvalue weighted by atomic mass is 10.2. The first kappa shape index (κ1) is 21.4. The number of benzene rings is 2. The number of rotatable bonds is 7. The maximum atomic E-state index is 12.3. The zero-order valence-corrected chi connectivity index (χ0v) is 17.5. The number of H-pyrrole nitrogens is 1. The van der Waals surface area contributed by atoms with E-state index in [4.69, 9.17) is 16.3 Å². The highest BCUT2D eigenvalue weighted by Crippen LogP contribution is 2.27. The van der Waals surface area contributed by atoms with Crippen LogP contribution in [0.4, 0.5) is 5.69 Å². The summed E-state index contributed by atoms with van der Waals surface area (Å²) in [7, 11) is 0. The molecule has 156 valence electrons. The second kappa shape index (κ2) is 9.45. The van der Waals surface area contributed by atoms with Gasteiger partial charge in [0.05, 0.1) is 5.02 Å². The molecule has 0 bridgehead atoms. The van der Waals surface area contributed by atoms with Crippen molar-refractivity contribution in [1.29, 1.82) is 0 Å². The molecule has 0 fully saturated rings. The van der Waals surface area contributed by atoms with Crippen LogP contribution in [0, 0.1) is 0 Å². The Kier molecular flexibility index (Phi) is 6.74. The van der Waals surface area contributed by atoms with Crippen molar-refractivity contribution in [3.63, 3.8) is 0 Å². The number of amides is 2. The van der Waals surface area contributed by atoms with E-state index >= 15 is 0 Å². The van der Waals surface area contributed by atoms with E-state index < -0.39 is 18.5 Å². The molecule has 0 atom stereocenters. The van der Waals surface area contributed by atoms with Crippen LogP contribution in [0.1, 0.15) is 34.7 Å². The van der Waals surface area contributed by atoms with Crippen molar-refractivity contribution >= 4 is 46.0 Å². The van der Waals surface area contributed by atoms with Gasteiger partial charge >= 0.3 is 5.97 Å². The van der Waals surface area contributed by atoms with E-state index in [-0.39, 0.29) is 16.6 Å². The second-order valence-electron chi connectivity index (χ2n) is 6.54. The zero-order chi connectivity index (χ0) is 21.7. The number of halogens is 1. The van der Waals surface area contributed by atoms with Crippen molar-refractivity contribution in [3.05, 3.63) is 64.8 Å². The molecule has 2 N–H and O–H groups in total. The maximum absolute atomic E-state index is 12.3. The largest absolute Gasteiger partial charge is 0.451 e. The normalized spacial score (nSPS) is 10.6. The third kappa shape index (κ3) is 4.63. The first-order valence-corrected chi connectivity index (χ1v) is 9.94. The highest BCUT2D eigenvalue weighted by molar-refractivity contribution is 6.38. The Morgan fingerprint density at radius 2 is 1.70 bits per heavy atom. The van der Waals surface area contributed by atoms with Crippen LogP contribution in [0.5, 0.6) is 0 Å². The minimum atomic E-state index is -0.716. The first-order chi connectivity index (χ1) is 14.4. The number of para-hydroxylation sites is 1. The number of aromatic amines is 1. The van der Waals surface area contributed by atoms with E-state index in [1.54, 1.807) is 41.3 Å². The molecule has 3 rings (SSSR count). The number of hydrogen-bond acceptors (Lipinski definition) is 4. The molecular formula is C22H22ClN3O4. The molecule has 8 heteroatoms. The van der Waals surface area contributed by atoms with Gasteiger partial charge in [0.25, 0.3) is 11.8 Å². The van der Waals surface area contributed by atoms with E-state index in [9.17, 15) is 14.4 Å². The molecule has 30 heavy (non-hydrogen) atoms.